The summed E-state index contributed by atoms with van der Waals surface area (Å²) in [5, 5.41) is 2.69. The van der Waals surface area contributed by atoms with Crippen LogP contribution in [0.3, 0.4) is 0 Å². The summed E-state index contributed by atoms with van der Waals surface area (Å²) < 4.78 is 15.9. The third-order valence-corrected chi connectivity index (χ3v) is 5.42. The van der Waals surface area contributed by atoms with Crippen LogP contribution in [0.25, 0.3) is 0 Å². The van der Waals surface area contributed by atoms with Gasteiger partial charge >= 0.3 is 5.97 Å². The second-order valence-corrected chi connectivity index (χ2v) is 7.56. The summed E-state index contributed by atoms with van der Waals surface area (Å²) in [6, 6.07) is 12.7. The Morgan fingerprint density at radius 1 is 1.16 bits per heavy atom. The Bertz CT molecular complexity index is 1000. The first-order chi connectivity index (χ1) is 14.9. The van der Waals surface area contributed by atoms with Crippen LogP contribution in [0.1, 0.15) is 25.8 Å². The average Bonchev–Trinajstić information content (AvgIpc) is 3.39. The lowest BCUT2D eigenvalue weighted by Gasteiger charge is -2.18. The third kappa shape index (κ3) is 4.47. The van der Waals surface area contributed by atoms with Crippen molar-refractivity contribution < 1.29 is 28.6 Å². The molecule has 2 atom stereocenters. The van der Waals surface area contributed by atoms with E-state index < -0.39 is 23.9 Å². The van der Waals surface area contributed by atoms with Crippen LogP contribution < -0.4 is 19.7 Å². The van der Waals surface area contributed by atoms with E-state index in [1.807, 2.05) is 24.3 Å². The van der Waals surface area contributed by atoms with Gasteiger partial charge in [0.25, 0.3) is 5.91 Å². The number of hydrogen-bond acceptors (Lipinski definition) is 6. The van der Waals surface area contributed by atoms with E-state index in [1.54, 1.807) is 23.1 Å². The number of aryl methyl sites for hydroxylation is 1. The maximum atomic E-state index is 12.6. The fourth-order valence-corrected chi connectivity index (χ4v) is 3.57. The molecule has 4 rings (SSSR count). The molecule has 0 spiro atoms. The predicted molar refractivity (Wildman–Crippen MR) is 113 cm³/mol. The predicted octanol–water partition coefficient (Wildman–Crippen LogP) is 2.90. The van der Waals surface area contributed by atoms with Crippen molar-refractivity contribution in [3.05, 3.63) is 48.0 Å². The molecule has 31 heavy (non-hydrogen) atoms. The van der Waals surface area contributed by atoms with Gasteiger partial charge in [-0.25, -0.2) is 0 Å². The molecule has 0 unspecified atom stereocenters. The molecule has 1 saturated heterocycles. The van der Waals surface area contributed by atoms with Crippen molar-refractivity contribution in [2.24, 2.45) is 5.92 Å². The summed E-state index contributed by atoms with van der Waals surface area (Å²) in [5.41, 5.74) is 2.44. The largest absolute Gasteiger partial charge is 0.454 e. The Balaban J connectivity index is 1.33. The molecule has 0 bridgehead atoms. The lowest BCUT2D eigenvalue weighted by Crippen LogP contribution is -2.33. The topological polar surface area (TPSA) is 94.2 Å². The summed E-state index contributed by atoms with van der Waals surface area (Å²) in [7, 11) is 0. The minimum Gasteiger partial charge on any atom is -0.454 e. The summed E-state index contributed by atoms with van der Waals surface area (Å²) >= 11 is 0. The first kappa shape index (κ1) is 20.7. The highest BCUT2D eigenvalue weighted by molar-refractivity contribution is 6.00. The first-order valence-electron chi connectivity index (χ1n) is 10.2. The average molecular weight is 424 g/mol. The van der Waals surface area contributed by atoms with Crippen molar-refractivity contribution in [2.75, 3.05) is 23.6 Å². The van der Waals surface area contributed by atoms with Gasteiger partial charge in [0.1, 0.15) is 0 Å². The highest BCUT2D eigenvalue weighted by Crippen LogP contribution is 2.34. The maximum absolute atomic E-state index is 12.6. The highest BCUT2D eigenvalue weighted by Gasteiger charge is 2.37. The van der Waals surface area contributed by atoms with E-state index in [0.29, 0.717) is 17.2 Å². The van der Waals surface area contributed by atoms with Gasteiger partial charge in [-0.05, 0) is 43.2 Å². The molecule has 0 saturated carbocycles. The third-order valence-electron chi connectivity index (χ3n) is 5.42. The van der Waals surface area contributed by atoms with E-state index in [1.165, 1.54) is 12.5 Å². The molecular weight excluding hydrogens is 400 g/mol. The Morgan fingerprint density at radius 3 is 2.65 bits per heavy atom. The molecule has 1 fully saturated rings. The molecule has 0 aliphatic carbocycles. The molecule has 1 N–H and O–H groups in total. The molecule has 8 nitrogen and oxygen atoms in total. The van der Waals surface area contributed by atoms with Gasteiger partial charge in [0.05, 0.1) is 5.92 Å². The Morgan fingerprint density at radius 2 is 1.90 bits per heavy atom. The molecule has 2 aromatic rings. The van der Waals surface area contributed by atoms with Crippen LogP contribution in [-0.2, 0) is 25.5 Å². The van der Waals surface area contributed by atoms with Crippen LogP contribution in [0.15, 0.2) is 42.5 Å². The van der Waals surface area contributed by atoms with Crippen LogP contribution in [0.4, 0.5) is 11.4 Å². The van der Waals surface area contributed by atoms with Gasteiger partial charge in [0.15, 0.2) is 17.6 Å². The second-order valence-electron chi connectivity index (χ2n) is 7.56. The van der Waals surface area contributed by atoms with Crippen LogP contribution in [-0.4, -0.2) is 37.2 Å². The van der Waals surface area contributed by atoms with E-state index in [-0.39, 0.29) is 25.7 Å². The monoisotopic (exact) mass is 424 g/mol. The number of nitrogens with one attached hydrogen (secondary N) is 1. The first-order valence-corrected chi connectivity index (χ1v) is 10.2. The number of rotatable bonds is 6. The molecule has 2 heterocycles. The number of fused-ring (bicyclic) bond motifs is 1. The van der Waals surface area contributed by atoms with Crippen molar-refractivity contribution in [2.45, 2.75) is 32.8 Å². The van der Waals surface area contributed by atoms with Crippen molar-refractivity contribution in [1.29, 1.82) is 0 Å². The van der Waals surface area contributed by atoms with E-state index >= 15 is 0 Å². The number of anilines is 2. The molecule has 162 valence electrons. The summed E-state index contributed by atoms with van der Waals surface area (Å²) in [6.45, 7) is 3.93. The Hall–Kier alpha value is -3.55. The summed E-state index contributed by atoms with van der Waals surface area (Å²) in [4.78, 5) is 39.0. The number of hydrogen-bond donors (Lipinski definition) is 1. The lowest BCUT2D eigenvalue weighted by atomic mass is 10.1. The highest BCUT2D eigenvalue weighted by atomic mass is 16.7. The molecule has 0 aromatic heterocycles. The van der Waals surface area contributed by atoms with Gasteiger partial charge in [0, 0.05) is 30.4 Å². The standard InChI is InChI=1S/C23H24N2O6/c1-3-15-4-7-18(8-5-15)25-12-16(10-21(25)26)23(28)31-14(2)22(27)24-17-6-9-19-20(11-17)30-13-29-19/h4-9,11,14,16H,3,10,12-13H2,1-2H3,(H,24,27)/t14-,16-/m1/s1. The summed E-state index contributed by atoms with van der Waals surface area (Å²) in [6.07, 6.45) is -0.0359. The number of nitrogens with zero attached hydrogens (tertiary/aromatic N) is 1. The van der Waals surface area contributed by atoms with Crippen LogP contribution in [0, 0.1) is 5.92 Å². The molecular formula is C23H24N2O6. The van der Waals surface area contributed by atoms with Crippen molar-refractivity contribution >= 4 is 29.2 Å². The summed E-state index contributed by atoms with van der Waals surface area (Å²) in [5.74, 6) is -0.628. The van der Waals surface area contributed by atoms with E-state index in [9.17, 15) is 14.4 Å². The van der Waals surface area contributed by atoms with E-state index in [2.05, 4.69) is 12.2 Å². The lowest BCUT2D eigenvalue weighted by molar-refractivity contribution is -0.157. The molecule has 2 aliphatic rings. The maximum Gasteiger partial charge on any atom is 0.312 e. The van der Waals surface area contributed by atoms with Gasteiger partial charge in [-0.15, -0.1) is 0 Å². The van der Waals surface area contributed by atoms with Crippen LogP contribution in [0.2, 0.25) is 0 Å². The normalized spacial score (nSPS) is 18.1. The number of amides is 2. The van der Waals surface area contributed by atoms with Gasteiger partial charge < -0.3 is 24.4 Å². The number of carbonyl (C=O) groups is 3. The molecule has 2 amide bonds. The van der Waals surface area contributed by atoms with Gasteiger partial charge in [-0.2, -0.15) is 0 Å². The zero-order chi connectivity index (χ0) is 22.0. The van der Waals surface area contributed by atoms with E-state index in [0.717, 1.165) is 12.1 Å². The minimum atomic E-state index is -1.01. The number of carbonyl (C=O) groups excluding carboxylic acids is 3. The van der Waals surface area contributed by atoms with Crippen molar-refractivity contribution in [3.8, 4) is 11.5 Å². The number of ether oxygens (including phenoxy) is 3. The van der Waals surface area contributed by atoms with E-state index in [4.69, 9.17) is 14.2 Å². The molecule has 2 aliphatic heterocycles. The smallest absolute Gasteiger partial charge is 0.312 e. The Kier molecular flexibility index (Phi) is 5.79. The van der Waals surface area contributed by atoms with Gasteiger partial charge in [-0.1, -0.05) is 19.1 Å². The molecule has 8 heteroatoms. The number of benzene rings is 2. The SMILES string of the molecule is CCc1ccc(N2C[C@H](C(=O)O[C@H](C)C(=O)Nc3ccc4c(c3)OCO4)CC2=O)cc1. The van der Waals surface area contributed by atoms with Crippen LogP contribution in [0.5, 0.6) is 11.5 Å². The zero-order valence-corrected chi connectivity index (χ0v) is 17.4. The zero-order valence-electron chi connectivity index (χ0n) is 17.4. The quantitative estimate of drug-likeness (QED) is 0.717. The van der Waals surface area contributed by atoms with Gasteiger partial charge in [-0.3, -0.25) is 14.4 Å². The fourth-order valence-electron chi connectivity index (χ4n) is 3.57. The second kappa shape index (κ2) is 8.67. The minimum absolute atomic E-state index is 0.0604. The van der Waals surface area contributed by atoms with Gasteiger partial charge in [0.2, 0.25) is 12.7 Å². The molecule has 0 radical (unpaired) electrons. The number of esters is 1. The molecule has 2 aromatic carbocycles. The Labute approximate surface area is 180 Å². The van der Waals surface area contributed by atoms with Crippen molar-refractivity contribution in [3.63, 3.8) is 0 Å². The fraction of sp³-hybridized carbons (Fsp3) is 0.348. The van der Waals surface area contributed by atoms with Crippen molar-refractivity contribution in [1.82, 2.24) is 0 Å². The van der Waals surface area contributed by atoms with Crippen LogP contribution >= 0.6 is 0 Å².